The quantitative estimate of drug-likeness (QED) is 0.176. The number of hydrogen-bond acceptors (Lipinski definition) is 10. The molecule has 10 heteroatoms. The van der Waals surface area contributed by atoms with Gasteiger partial charge in [0.25, 0.3) is 0 Å². The van der Waals surface area contributed by atoms with Gasteiger partial charge in [-0.2, -0.15) is 0 Å². The summed E-state index contributed by atoms with van der Waals surface area (Å²) in [7, 11) is 6.49. The van der Waals surface area contributed by atoms with Crippen LogP contribution in [0.3, 0.4) is 0 Å². The first kappa shape index (κ1) is 32.2. The van der Waals surface area contributed by atoms with E-state index in [9.17, 15) is 20.4 Å². The molecule has 47 heavy (non-hydrogen) atoms. The van der Waals surface area contributed by atoms with Gasteiger partial charge in [-0.1, -0.05) is 52.8 Å². The number of aliphatic hydroxyl groups is 2. The molecule has 0 aromatic heterocycles. The summed E-state index contributed by atoms with van der Waals surface area (Å²) < 4.78 is 24.3. The van der Waals surface area contributed by atoms with E-state index >= 15 is 0 Å². The van der Waals surface area contributed by atoms with Crippen molar-refractivity contribution in [1.82, 2.24) is 0 Å². The lowest BCUT2D eigenvalue weighted by Gasteiger charge is -2.42. The number of rotatable bonds is 5. The second kappa shape index (κ2) is 13.3. The number of ether oxygens (including phenoxy) is 4. The maximum absolute atomic E-state index is 12.5. The summed E-state index contributed by atoms with van der Waals surface area (Å²) in [4.78, 5) is 0. The summed E-state index contributed by atoms with van der Waals surface area (Å²) in [6, 6.07) is 9.17. The zero-order valence-corrected chi connectivity index (χ0v) is 28.4. The number of phenols is 2. The zero-order valence-electron chi connectivity index (χ0n) is 26.7. The first-order valence-corrected chi connectivity index (χ1v) is 18.6. The van der Waals surface area contributed by atoms with Crippen LogP contribution in [0.25, 0.3) is 11.1 Å². The van der Waals surface area contributed by atoms with Crippen LogP contribution < -0.4 is 18.9 Å². The maximum atomic E-state index is 12.5. The average molecular weight is 677 g/mol. The van der Waals surface area contributed by atoms with Crippen LogP contribution in [0.2, 0.25) is 0 Å². The van der Waals surface area contributed by atoms with Gasteiger partial charge in [0.1, 0.15) is 30.0 Å². The van der Waals surface area contributed by atoms with Crippen molar-refractivity contribution in [2.24, 2.45) is 5.92 Å². The Morgan fingerprint density at radius 1 is 1.00 bits per heavy atom. The number of methoxy groups -OCH3 is 2. The van der Waals surface area contributed by atoms with Crippen molar-refractivity contribution in [2.75, 3.05) is 33.2 Å². The Bertz CT molecular complexity index is 1750. The third-order valence-corrected chi connectivity index (χ3v) is 12.7. The molecule has 2 heterocycles. The Morgan fingerprint density at radius 3 is 2.64 bits per heavy atom. The van der Waals surface area contributed by atoms with Crippen molar-refractivity contribution in [3.8, 4) is 57.5 Å². The van der Waals surface area contributed by atoms with Crippen LogP contribution in [0.4, 0.5) is 0 Å². The second-order valence-corrected chi connectivity index (χ2v) is 15.4. The van der Waals surface area contributed by atoms with Crippen LogP contribution in [0.15, 0.2) is 30.3 Å². The van der Waals surface area contributed by atoms with Gasteiger partial charge < -0.3 is 39.4 Å². The van der Waals surface area contributed by atoms with Crippen molar-refractivity contribution >= 4 is 21.6 Å². The fourth-order valence-electron chi connectivity index (χ4n) is 7.72. The highest BCUT2D eigenvalue weighted by atomic mass is 33.1. The van der Waals surface area contributed by atoms with Gasteiger partial charge in [0.15, 0.2) is 17.6 Å². The minimum absolute atomic E-state index is 0.103. The average Bonchev–Trinajstić information content (AvgIpc) is 3.10. The van der Waals surface area contributed by atoms with Crippen molar-refractivity contribution in [2.45, 2.75) is 68.3 Å². The number of fused-ring (bicyclic) bond motifs is 7. The van der Waals surface area contributed by atoms with E-state index in [4.69, 9.17) is 18.9 Å². The van der Waals surface area contributed by atoms with E-state index in [1.807, 2.05) is 18.2 Å². The maximum Gasteiger partial charge on any atom is 0.201 e. The first-order chi connectivity index (χ1) is 22.8. The predicted octanol–water partition coefficient (Wildman–Crippen LogP) is 6.50. The molecule has 0 saturated carbocycles. The molecule has 7 rings (SSSR count). The predicted molar refractivity (Wildman–Crippen MR) is 184 cm³/mol. The topological polar surface area (TPSA) is 118 Å². The highest BCUT2D eigenvalue weighted by Gasteiger charge is 2.47. The number of hydrogen-bond donors (Lipinski definition) is 4. The molecule has 2 aliphatic heterocycles. The van der Waals surface area contributed by atoms with Crippen LogP contribution in [-0.2, 0) is 12.8 Å². The lowest BCUT2D eigenvalue weighted by molar-refractivity contribution is 0.000885. The van der Waals surface area contributed by atoms with Crippen molar-refractivity contribution in [1.29, 1.82) is 0 Å². The van der Waals surface area contributed by atoms with E-state index in [-0.39, 0.29) is 47.4 Å². The van der Waals surface area contributed by atoms with Crippen LogP contribution in [0.5, 0.6) is 34.5 Å². The summed E-state index contributed by atoms with van der Waals surface area (Å²) >= 11 is 0. The lowest BCUT2D eigenvalue weighted by Crippen LogP contribution is -2.40. The lowest BCUT2D eigenvalue weighted by atomic mass is 9.70. The van der Waals surface area contributed by atoms with E-state index in [1.165, 1.54) is 14.2 Å². The van der Waals surface area contributed by atoms with Gasteiger partial charge in [0.05, 0.1) is 26.1 Å². The smallest absolute Gasteiger partial charge is 0.201 e. The molecule has 4 aliphatic rings. The molecule has 0 amide bonds. The number of aliphatic hydroxyl groups excluding tert-OH is 2. The van der Waals surface area contributed by atoms with Crippen molar-refractivity contribution < 1.29 is 39.4 Å². The van der Waals surface area contributed by atoms with Gasteiger partial charge in [0, 0.05) is 46.4 Å². The third kappa shape index (κ3) is 5.65. The fourth-order valence-corrected chi connectivity index (χ4v) is 10.5. The van der Waals surface area contributed by atoms with Gasteiger partial charge >= 0.3 is 0 Å². The molecular weight excluding hydrogens is 637 g/mol. The Balaban J connectivity index is 1.51. The minimum Gasteiger partial charge on any atom is -0.508 e. The van der Waals surface area contributed by atoms with E-state index < -0.39 is 18.1 Å². The SMILES string of the molecule is COc1cc2c(c(OC)c1O)CC#C[C@@H]1SSCC[C@H](C)CC[C@H]3Cc4c(c(OCCO)cc5c4[C@@H]1[C@@H](O)[C@H]2O5)-c1ccc(O)cc13. The Hall–Kier alpha value is -3.36. The summed E-state index contributed by atoms with van der Waals surface area (Å²) in [5, 5.41) is 43.6. The molecule has 0 saturated heterocycles. The Morgan fingerprint density at radius 2 is 1.85 bits per heavy atom. The van der Waals surface area contributed by atoms with Crippen LogP contribution in [-0.4, -0.2) is 65.0 Å². The molecule has 0 spiro atoms. The highest BCUT2D eigenvalue weighted by molar-refractivity contribution is 8.77. The molecule has 2 aliphatic carbocycles. The number of phenolic OH excluding ortho intramolecular Hbond substituents is 2. The standard InChI is InChI=1S/C37H40O8S2/c1-19-7-8-20-15-26-31(22-10-9-21(39)16-24(20)22)27(44-13-12-38)18-28-32(26)33-30(47-46-14-11-19)6-4-5-23-25(37(45-28)35(33)41)17-29(42-2)34(40)36(23)43-3/h9-10,16-20,30,33,35,37-41H,5,7-8,11-15H2,1-3H3/t19-,20+,30+,33-,35-,37+/m1/s1. The summed E-state index contributed by atoms with van der Waals surface area (Å²) in [5.41, 5.74) is 6.29. The Kier molecular flexibility index (Phi) is 9.09. The van der Waals surface area contributed by atoms with Crippen LogP contribution >= 0.6 is 21.6 Å². The van der Waals surface area contributed by atoms with E-state index in [0.29, 0.717) is 41.4 Å². The molecule has 0 radical (unpaired) electrons. The molecule has 8 nitrogen and oxygen atoms in total. The van der Waals surface area contributed by atoms with Crippen molar-refractivity contribution in [3.63, 3.8) is 0 Å². The van der Waals surface area contributed by atoms with Crippen LogP contribution in [0, 0.1) is 17.8 Å². The monoisotopic (exact) mass is 676 g/mol. The molecule has 3 aromatic carbocycles. The van der Waals surface area contributed by atoms with Gasteiger partial charge in [-0.15, -0.1) is 0 Å². The molecule has 4 N–H and O–H groups in total. The molecular formula is C37H40O8S2. The molecule has 3 aromatic rings. The summed E-state index contributed by atoms with van der Waals surface area (Å²) in [6.45, 7) is 2.26. The Labute approximate surface area is 283 Å². The summed E-state index contributed by atoms with van der Waals surface area (Å²) in [6.07, 6.45) is 2.28. The molecule has 6 atom stereocenters. The van der Waals surface area contributed by atoms with E-state index in [2.05, 4.69) is 18.8 Å². The van der Waals surface area contributed by atoms with Crippen LogP contribution in [0.1, 0.15) is 71.9 Å². The summed E-state index contributed by atoms with van der Waals surface area (Å²) in [5.74, 6) is 9.94. The number of benzene rings is 3. The molecule has 4 bridgehead atoms. The fraction of sp³-hybridized carbons (Fsp3) is 0.459. The minimum atomic E-state index is -0.984. The zero-order chi connectivity index (χ0) is 32.8. The molecule has 0 unspecified atom stereocenters. The largest absolute Gasteiger partial charge is 0.508 e. The molecule has 248 valence electrons. The first-order valence-electron chi connectivity index (χ1n) is 16.2. The van der Waals surface area contributed by atoms with Gasteiger partial charge in [-0.25, -0.2) is 0 Å². The second-order valence-electron chi connectivity index (χ2n) is 12.8. The number of aromatic hydroxyl groups is 2. The highest BCUT2D eigenvalue weighted by Crippen LogP contribution is 2.58. The van der Waals surface area contributed by atoms with Gasteiger partial charge in [-0.05, 0) is 66.0 Å². The van der Waals surface area contributed by atoms with Gasteiger partial charge in [-0.3, -0.25) is 0 Å². The third-order valence-electron chi connectivity index (χ3n) is 10.0. The van der Waals surface area contributed by atoms with E-state index in [1.54, 1.807) is 33.7 Å². The van der Waals surface area contributed by atoms with E-state index in [0.717, 1.165) is 52.8 Å². The normalized spacial score (nSPS) is 25.8. The van der Waals surface area contributed by atoms with Gasteiger partial charge in [0.2, 0.25) is 5.75 Å². The molecule has 0 fully saturated rings. The van der Waals surface area contributed by atoms with Crippen molar-refractivity contribution in [3.05, 3.63) is 58.1 Å².